The standard InChI is InChI=1S/C11H12Cl2O4/c12-8-3-2-7(6-9(8)13)10(11(15)16)17-5-1-4-14/h2-3,6,10,14H,1,4-5H2,(H,15,16). The van der Waals surface area contributed by atoms with Gasteiger partial charge < -0.3 is 14.9 Å². The molecule has 0 spiro atoms. The lowest BCUT2D eigenvalue weighted by Gasteiger charge is -2.14. The molecule has 1 unspecified atom stereocenters. The summed E-state index contributed by atoms with van der Waals surface area (Å²) < 4.78 is 5.16. The molecule has 0 heterocycles. The summed E-state index contributed by atoms with van der Waals surface area (Å²) in [5, 5.41) is 18.3. The van der Waals surface area contributed by atoms with Crippen LogP contribution >= 0.6 is 23.2 Å². The van der Waals surface area contributed by atoms with Crippen LogP contribution in [0.4, 0.5) is 0 Å². The van der Waals surface area contributed by atoms with Gasteiger partial charge in [-0.2, -0.15) is 0 Å². The van der Waals surface area contributed by atoms with E-state index in [1.807, 2.05) is 0 Å². The molecule has 0 aromatic heterocycles. The maximum absolute atomic E-state index is 11.0. The summed E-state index contributed by atoms with van der Waals surface area (Å²) in [6.07, 6.45) is -0.721. The van der Waals surface area contributed by atoms with E-state index in [2.05, 4.69) is 0 Å². The lowest BCUT2D eigenvalue weighted by molar-refractivity contribution is -0.151. The summed E-state index contributed by atoms with van der Waals surface area (Å²) in [6.45, 7) is 0.113. The van der Waals surface area contributed by atoms with E-state index >= 15 is 0 Å². The van der Waals surface area contributed by atoms with Gasteiger partial charge in [-0.05, 0) is 24.1 Å². The first-order valence-corrected chi connectivity index (χ1v) is 5.72. The molecule has 0 fully saturated rings. The van der Waals surface area contributed by atoms with Crippen LogP contribution in [0.1, 0.15) is 18.1 Å². The van der Waals surface area contributed by atoms with Gasteiger partial charge in [0, 0.05) is 6.61 Å². The Balaban J connectivity index is 2.82. The fraction of sp³-hybridized carbons (Fsp3) is 0.364. The van der Waals surface area contributed by atoms with E-state index in [0.29, 0.717) is 17.0 Å². The van der Waals surface area contributed by atoms with E-state index in [1.54, 1.807) is 6.07 Å². The summed E-state index contributed by atoms with van der Waals surface area (Å²) in [4.78, 5) is 11.0. The highest BCUT2D eigenvalue weighted by atomic mass is 35.5. The van der Waals surface area contributed by atoms with Gasteiger partial charge in [0.1, 0.15) is 0 Å². The van der Waals surface area contributed by atoms with Crippen LogP contribution in [0.3, 0.4) is 0 Å². The molecule has 2 N–H and O–H groups in total. The Morgan fingerprint density at radius 2 is 2.06 bits per heavy atom. The van der Waals surface area contributed by atoms with Crippen molar-refractivity contribution < 1.29 is 19.7 Å². The zero-order valence-corrected chi connectivity index (χ0v) is 10.4. The average molecular weight is 279 g/mol. The minimum Gasteiger partial charge on any atom is -0.479 e. The number of halogens is 2. The molecular weight excluding hydrogens is 267 g/mol. The molecule has 0 saturated heterocycles. The predicted octanol–water partition coefficient (Wildman–Crippen LogP) is 2.52. The number of carboxylic acid groups (broad SMARTS) is 1. The second-order valence-electron chi connectivity index (χ2n) is 3.34. The van der Waals surface area contributed by atoms with E-state index in [-0.39, 0.29) is 18.2 Å². The molecule has 0 aliphatic carbocycles. The summed E-state index contributed by atoms with van der Waals surface area (Å²) >= 11 is 11.5. The van der Waals surface area contributed by atoms with Crippen LogP contribution in [0.15, 0.2) is 18.2 Å². The summed E-state index contributed by atoms with van der Waals surface area (Å²) in [5.41, 5.74) is 0.421. The molecule has 1 atom stereocenters. The molecule has 0 saturated carbocycles. The Hall–Kier alpha value is -0.810. The summed E-state index contributed by atoms with van der Waals surface area (Å²) in [5.74, 6) is -1.11. The Morgan fingerprint density at radius 3 is 2.59 bits per heavy atom. The molecule has 0 radical (unpaired) electrons. The number of carbonyl (C=O) groups is 1. The number of benzene rings is 1. The summed E-state index contributed by atoms with van der Waals surface area (Å²) in [7, 11) is 0. The lowest BCUT2D eigenvalue weighted by Crippen LogP contribution is -2.16. The van der Waals surface area contributed by atoms with Gasteiger partial charge in [-0.3, -0.25) is 0 Å². The first kappa shape index (κ1) is 14.3. The number of aliphatic carboxylic acids is 1. The van der Waals surface area contributed by atoms with Gasteiger partial charge in [0.15, 0.2) is 6.10 Å². The molecule has 0 amide bonds. The first-order valence-electron chi connectivity index (χ1n) is 4.96. The zero-order valence-electron chi connectivity index (χ0n) is 8.90. The van der Waals surface area contributed by atoms with E-state index in [9.17, 15) is 4.79 Å². The van der Waals surface area contributed by atoms with Crippen molar-refractivity contribution in [2.75, 3.05) is 13.2 Å². The van der Waals surface area contributed by atoms with Gasteiger partial charge >= 0.3 is 5.97 Å². The van der Waals surface area contributed by atoms with Crippen molar-refractivity contribution in [2.45, 2.75) is 12.5 Å². The van der Waals surface area contributed by atoms with Crippen LogP contribution in [0.25, 0.3) is 0 Å². The number of aliphatic hydroxyl groups is 1. The van der Waals surface area contributed by atoms with Crippen molar-refractivity contribution in [3.8, 4) is 0 Å². The van der Waals surface area contributed by atoms with Gasteiger partial charge in [-0.15, -0.1) is 0 Å². The summed E-state index contributed by atoms with van der Waals surface area (Å²) in [6, 6.07) is 4.53. The minimum atomic E-state index is -1.11. The highest BCUT2D eigenvalue weighted by molar-refractivity contribution is 6.42. The van der Waals surface area contributed by atoms with Crippen LogP contribution in [0.2, 0.25) is 10.0 Å². The quantitative estimate of drug-likeness (QED) is 0.785. The van der Waals surface area contributed by atoms with Crippen LogP contribution in [0, 0.1) is 0 Å². The number of rotatable bonds is 6. The van der Waals surface area contributed by atoms with Crippen LogP contribution < -0.4 is 0 Å². The maximum Gasteiger partial charge on any atom is 0.337 e. The van der Waals surface area contributed by atoms with Gasteiger partial charge in [0.05, 0.1) is 16.7 Å². The van der Waals surface area contributed by atoms with Crippen LogP contribution in [-0.2, 0) is 9.53 Å². The van der Waals surface area contributed by atoms with E-state index < -0.39 is 12.1 Å². The van der Waals surface area contributed by atoms with E-state index in [4.69, 9.17) is 38.2 Å². The number of aliphatic hydroxyl groups excluding tert-OH is 1. The first-order chi connectivity index (χ1) is 8.06. The molecule has 0 aliphatic rings. The van der Waals surface area contributed by atoms with Crippen molar-refractivity contribution in [3.05, 3.63) is 33.8 Å². The Kier molecular flexibility index (Phi) is 5.71. The molecule has 6 heteroatoms. The molecular formula is C11H12Cl2O4. The van der Waals surface area contributed by atoms with E-state index in [1.165, 1.54) is 12.1 Å². The van der Waals surface area contributed by atoms with Gasteiger partial charge in [-0.1, -0.05) is 29.3 Å². The smallest absolute Gasteiger partial charge is 0.337 e. The van der Waals surface area contributed by atoms with Gasteiger partial charge in [-0.25, -0.2) is 4.79 Å². The highest BCUT2D eigenvalue weighted by Gasteiger charge is 2.21. The van der Waals surface area contributed by atoms with Gasteiger partial charge in [0.25, 0.3) is 0 Å². The molecule has 0 aliphatic heterocycles. The third kappa shape index (κ3) is 4.16. The van der Waals surface area contributed by atoms with Crippen molar-refractivity contribution in [2.24, 2.45) is 0 Å². The monoisotopic (exact) mass is 278 g/mol. The normalized spacial score (nSPS) is 12.4. The zero-order chi connectivity index (χ0) is 12.8. The minimum absolute atomic E-state index is 0.0479. The fourth-order valence-corrected chi connectivity index (χ4v) is 1.56. The molecule has 17 heavy (non-hydrogen) atoms. The fourth-order valence-electron chi connectivity index (χ4n) is 1.25. The van der Waals surface area contributed by atoms with Crippen molar-refractivity contribution in [1.29, 1.82) is 0 Å². The molecule has 1 aromatic rings. The largest absolute Gasteiger partial charge is 0.479 e. The van der Waals surface area contributed by atoms with Crippen molar-refractivity contribution in [1.82, 2.24) is 0 Å². The number of carboxylic acids is 1. The van der Waals surface area contributed by atoms with E-state index in [0.717, 1.165) is 0 Å². The second-order valence-corrected chi connectivity index (χ2v) is 4.15. The number of hydrogen-bond donors (Lipinski definition) is 2. The second kappa shape index (κ2) is 6.81. The SMILES string of the molecule is O=C(O)C(OCCCO)c1ccc(Cl)c(Cl)c1. The predicted molar refractivity (Wildman–Crippen MR) is 64.5 cm³/mol. The molecule has 94 valence electrons. The van der Waals surface area contributed by atoms with Gasteiger partial charge in [0.2, 0.25) is 0 Å². The molecule has 1 aromatic carbocycles. The molecule has 4 nitrogen and oxygen atoms in total. The highest BCUT2D eigenvalue weighted by Crippen LogP contribution is 2.27. The average Bonchev–Trinajstić information content (AvgIpc) is 2.28. The van der Waals surface area contributed by atoms with Crippen molar-refractivity contribution in [3.63, 3.8) is 0 Å². The third-order valence-electron chi connectivity index (χ3n) is 2.06. The molecule has 0 bridgehead atoms. The van der Waals surface area contributed by atoms with Crippen LogP contribution in [-0.4, -0.2) is 29.4 Å². The Bertz CT molecular complexity index is 395. The Morgan fingerprint density at radius 1 is 1.35 bits per heavy atom. The Labute approximate surface area is 109 Å². The maximum atomic E-state index is 11.0. The van der Waals surface area contributed by atoms with Crippen molar-refractivity contribution >= 4 is 29.2 Å². The number of hydrogen-bond acceptors (Lipinski definition) is 3. The lowest BCUT2D eigenvalue weighted by atomic mass is 10.1. The third-order valence-corrected chi connectivity index (χ3v) is 2.80. The topological polar surface area (TPSA) is 66.8 Å². The molecule has 1 rings (SSSR count). The van der Waals surface area contributed by atoms with Crippen LogP contribution in [0.5, 0.6) is 0 Å². The number of ether oxygens (including phenoxy) is 1.